The molecule has 1 aliphatic heterocycles. The Morgan fingerprint density at radius 1 is 1.50 bits per heavy atom. The standard InChI is InChI=1S/C9H11FN2O5S/c10-9(3-13)6(16)5(15)7(18-9)12-2-1-4(14)11-8(12)17/h1-2,5-7,13,15-16H,3H2,(H,11,14,17)/t5?,6?,7-,9-/m1/s1. The van der Waals surface area contributed by atoms with Crippen molar-refractivity contribution in [2.75, 3.05) is 6.61 Å². The molecule has 0 radical (unpaired) electrons. The van der Waals surface area contributed by atoms with E-state index in [-0.39, 0.29) is 0 Å². The monoisotopic (exact) mass is 278 g/mol. The highest BCUT2D eigenvalue weighted by Gasteiger charge is 2.55. The first-order chi connectivity index (χ1) is 8.39. The van der Waals surface area contributed by atoms with Crippen molar-refractivity contribution in [1.29, 1.82) is 0 Å². The number of aliphatic hydroxyl groups is 3. The van der Waals surface area contributed by atoms with Gasteiger partial charge in [-0.25, -0.2) is 9.18 Å². The Labute approximate surface area is 104 Å². The third-order valence-corrected chi connectivity index (χ3v) is 4.22. The van der Waals surface area contributed by atoms with Gasteiger partial charge in [0, 0.05) is 12.3 Å². The molecular formula is C9H11FN2O5S. The van der Waals surface area contributed by atoms with Crippen LogP contribution in [0.1, 0.15) is 5.37 Å². The second kappa shape index (κ2) is 4.50. The molecule has 7 nitrogen and oxygen atoms in total. The van der Waals surface area contributed by atoms with Gasteiger partial charge in [0.2, 0.25) is 5.00 Å². The summed E-state index contributed by atoms with van der Waals surface area (Å²) in [5.41, 5.74) is -1.45. The van der Waals surface area contributed by atoms with E-state index in [4.69, 9.17) is 5.11 Å². The number of hydrogen-bond donors (Lipinski definition) is 4. The van der Waals surface area contributed by atoms with Crippen molar-refractivity contribution < 1.29 is 19.7 Å². The van der Waals surface area contributed by atoms with Crippen LogP contribution in [0.15, 0.2) is 21.9 Å². The molecule has 0 aliphatic carbocycles. The van der Waals surface area contributed by atoms with Gasteiger partial charge in [-0.15, -0.1) is 0 Å². The minimum atomic E-state index is -2.44. The number of aromatic nitrogens is 2. The summed E-state index contributed by atoms with van der Waals surface area (Å²) in [7, 11) is 0. The lowest BCUT2D eigenvalue weighted by Gasteiger charge is -2.19. The molecule has 9 heteroatoms. The summed E-state index contributed by atoms with van der Waals surface area (Å²) in [5, 5.41) is 24.5. The van der Waals surface area contributed by atoms with E-state index in [1.807, 2.05) is 4.98 Å². The van der Waals surface area contributed by atoms with Crippen molar-refractivity contribution in [3.8, 4) is 0 Å². The first-order valence-electron chi connectivity index (χ1n) is 5.04. The van der Waals surface area contributed by atoms with Crippen molar-refractivity contribution in [1.82, 2.24) is 9.55 Å². The Morgan fingerprint density at radius 2 is 2.17 bits per heavy atom. The average molecular weight is 278 g/mol. The summed E-state index contributed by atoms with van der Waals surface area (Å²) in [6.45, 7) is -0.996. The number of aliphatic hydroxyl groups excluding tert-OH is 3. The van der Waals surface area contributed by atoms with Crippen LogP contribution in [0, 0.1) is 0 Å². The van der Waals surface area contributed by atoms with E-state index in [0.717, 1.165) is 16.8 Å². The molecular weight excluding hydrogens is 267 g/mol. The molecule has 2 unspecified atom stereocenters. The second-order valence-electron chi connectivity index (χ2n) is 3.91. The summed E-state index contributed by atoms with van der Waals surface area (Å²) in [6.07, 6.45) is -2.30. The number of aromatic amines is 1. The van der Waals surface area contributed by atoms with Crippen LogP contribution in [0.3, 0.4) is 0 Å². The molecule has 0 spiro atoms. The highest BCUT2D eigenvalue weighted by Crippen LogP contribution is 2.49. The van der Waals surface area contributed by atoms with Crippen LogP contribution in [0.2, 0.25) is 0 Å². The topological polar surface area (TPSA) is 116 Å². The lowest BCUT2D eigenvalue weighted by atomic mass is 10.1. The van der Waals surface area contributed by atoms with Crippen LogP contribution in [-0.2, 0) is 0 Å². The van der Waals surface area contributed by atoms with Crippen LogP contribution in [0.4, 0.5) is 4.39 Å². The molecule has 18 heavy (non-hydrogen) atoms. The van der Waals surface area contributed by atoms with Gasteiger partial charge in [0.05, 0.1) is 6.61 Å². The number of rotatable bonds is 2. The van der Waals surface area contributed by atoms with Gasteiger partial charge in [-0.2, -0.15) is 0 Å². The molecule has 2 rings (SSSR count). The summed E-state index contributed by atoms with van der Waals surface area (Å²) in [5.74, 6) is 0. The van der Waals surface area contributed by atoms with E-state index in [1.54, 1.807) is 0 Å². The van der Waals surface area contributed by atoms with Crippen LogP contribution in [-0.4, -0.2) is 48.7 Å². The van der Waals surface area contributed by atoms with Crippen molar-refractivity contribution >= 4 is 11.8 Å². The largest absolute Gasteiger partial charge is 0.392 e. The summed E-state index contributed by atoms with van der Waals surface area (Å²) < 4.78 is 14.8. The van der Waals surface area contributed by atoms with E-state index in [0.29, 0.717) is 11.8 Å². The fourth-order valence-corrected chi connectivity index (χ4v) is 3.05. The van der Waals surface area contributed by atoms with Gasteiger partial charge in [0.1, 0.15) is 17.6 Å². The molecule has 1 aliphatic rings. The fraction of sp³-hybridized carbons (Fsp3) is 0.556. The number of nitrogens with zero attached hydrogens (tertiary/aromatic N) is 1. The van der Waals surface area contributed by atoms with E-state index < -0.39 is 40.4 Å². The number of nitrogens with one attached hydrogen (secondary N) is 1. The molecule has 1 fully saturated rings. The molecule has 0 bridgehead atoms. The molecule has 4 atom stereocenters. The number of alkyl halides is 1. The van der Waals surface area contributed by atoms with Gasteiger partial charge in [-0.3, -0.25) is 14.3 Å². The van der Waals surface area contributed by atoms with E-state index in [1.165, 1.54) is 0 Å². The fourth-order valence-electron chi connectivity index (χ4n) is 1.73. The SMILES string of the molecule is O=c1ccn([C@@H]2S[C@](F)(CO)C(O)C2O)c(=O)[nH]1. The van der Waals surface area contributed by atoms with Crippen molar-refractivity contribution in [2.45, 2.75) is 22.6 Å². The smallest absolute Gasteiger partial charge is 0.329 e. The zero-order valence-electron chi connectivity index (χ0n) is 8.99. The lowest BCUT2D eigenvalue weighted by Crippen LogP contribution is -2.41. The number of thioether (sulfide) groups is 1. The normalized spacial score (nSPS) is 35.9. The minimum Gasteiger partial charge on any atom is -0.392 e. The third-order valence-electron chi connectivity index (χ3n) is 2.71. The van der Waals surface area contributed by atoms with Crippen molar-refractivity contribution in [3.63, 3.8) is 0 Å². The van der Waals surface area contributed by atoms with Crippen LogP contribution in [0.5, 0.6) is 0 Å². The number of hydrogen-bond acceptors (Lipinski definition) is 6. The van der Waals surface area contributed by atoms with Gasteiger partial charge in [-0.05, 0) is 0 Å². The zero-order chi connectivity index (χ0) is 13.5. The van der Waals surface area contributed by atoms with Crippen LogP contribution < -0.4 is 11.2 Å². The molecule has 1 aromatic heterocycles. The Hall–Kier alpha value is -1.16. The van der Waals surface area contributed by atoms with E-state index in [9.17, 15) is 24.2 Å². The summed E-state index contributed by atoms with van der Waals surface area (Å²) in [4.78, 5) is 24.3. The van der Waals surface area contributed by atoms with Crippen LogP contribution in [0.25, 0.3) is 0 Å². The van der Waals surface area contributed by atoms with Gasteiger partial charge in [0.15, 0.2) is 0 Å². The molecule has 0 amide bonds. The van der Waals surface area contributed by atoms with Gasteiger partial charge >= 0.3 is 5.69 Å². The van der Waals surface area contributed by atoms with Crippen molar-refractivity contribution in [2.24, 2.45) is 0 Å². The second-order valence-corrected chi connectivity index (χ2v) is 5.30. The Bertz CT molecular complexity index is 560. The maximum absolute atomic E-state index is 13.9. The molecule has 4 N–H and O–H groups in total. The Balaban J connectivity index is 2.41. The molecule has 0 aromatic carbocycles. The predicted octanol–water partition coefficient (Wildman–Crippen LogP) is -1.84. The maximum atomic E-state index is 13.9. The first-order valence-corrected chi connectivity index (χ1v) is 5.92. The van der Waals surface area contributed by atoms with Crippen molar-refractivity contribution in [3.05, 3.63) is 33.1 Å². The Morgan fingerprint density at radius 3 is 2.67 bits per heavy atom. The van der Waals surface area contributed by atoms with E-state index in [2.05, 4.69) is 0 Å². The lowest BCUT2D eigenvalue weighted by molar-refractivity contribution is -0.0508. The van der Waals surface area contributed by atoms with Gasteiger partial charge in [0.25, 0.3) is 5.56 Å². The molecule has 2 heterocycles. The average Bonchev–Trinajstić information content (AvgIpc) is 2.55. The number of halogens is 1. The molecule has 100 valence electrons. The minimum absolute atomic E-state index is 0.427. The predicted molar refractivity (Wildman–Crippen MR) is 60.9 cm³/mol. The highest BCUT2D eigenvalue weighted by atomic mass is 32.2. The zero-order valence-corrected chi connectivity index (χ0v) is 9.80. The summed E-state index contributed by atoms with van der Waals surface area (Å²) >= 11 is 0.427. The van der Waals surface area contributed by atoms with Gasteiger partial charge in [-0.1, -0.05) is 11.8 Å². The quantitative estimate of drug-likeness (QED) is 0.505. The Kier molecular flexibility index (Phi) is 3.32. The molecule has 1 aromatic rings. The molecule has 0 saturated carbocycles. The molecule has 1 saturated heterocycles. The van der Waals surface area contributed by atoms with Gasteiger partial charge < -0.3 is 15.3 Å². The van der Waals surface area contributed by atoms with Crippen LogP contribution >= 0.6 is 11.8 Å². The first kappa shape index (κ1) is 13.3. The third kappa shape index (κ3) is 1.99. The number of H-pyrrole nitrogens is 1. The van der Waals surface area contributed by atoms with E-state index >= 15 is 0 Å². The summed E-state index contributed by atoms with van der Waals surface area (Å²) in [6, 6.07) is 1.04. The highest BCUT2D eigenvalue weighted by molar-refractivity contribution is 8.00. The maximum Gasteiger partial charge on any atom is 0.329 e.